The smallest absolute Gasteiger partial charge is 0.0703 e. The van der Waals surface area contributed by atoms with E-state index in [-0.39, 0.29) is 0 Å². The van der Waals surface area contributed by atoms with E-state index in [2.05, 4.69) is 34.6 Å². The second-order valence-corrected chi connectivity index (χ2v) is 5.30. The van der Waals surface area contributed by atoms with Crippen LogP contribution in [0.2, 0.25) is 0 Å². The molecule has 3 rings (SSSR count). The monoisotopic (exact) mass is 240 g/mol. The summed E-state index contributed by atoms with van der Waals surface area (Å²) in [5.74, 6) is 0.864. The van der Waals surface area contributed by atoms with Gasteiger partial charge in [0, 0.05) is 23.8 Å². The van der Waals surface area contributed by atoms with Gasteiger partial charge in [-0.2, -0.15) is 0 Å². The molecule has 1 heterocycles. The fourth-order valence-electron chi connectivity index (χ4n) is 2.84. The Morgan fingerprint density at radius 2 is 2.00 bits per heavy atom. The van der Waals surface area contributed by atoms with Crippen LogP contribution in [0.15, 0.2) is 36.5 Å². The van der Waals surface area contributed by atoms with Crippen LogP contribution in [0.3, 0.4) is 0 Å². The van der Waals surface area contributed by atoms with Gasteiger partial charge in [-0.3, -0.25) is 4.98 Å². The molecule has 1 saturated carbocycles. The van der Waals surface area contributed by atoms with E-state index in [0.29, 0.717) is 0 Å². The third-order valence-corrected chi connectivity index (χ3v) is 3.92. The van der Waals surface area contributed by atoms with Gasteiger partial charge in [0.1, 0.15) is 0 Å². The summed E-state index contributed by atoms with van der Waals surface area (Å²) in [6, 6.07) is 10.5. The third kappa shape index (κ3) is 2.63. The molecule has 0 atom stereocenters. The molecule has 1 N–H and O–H groups in total. The van der Waals surface area contributed by atoms with Crippen molar-refractivity contribution in [1.82, 2.24) is 4.98 Å². The van der Waals surface area contributed by atoms with E-state index in [0.717, 1.165) is 18.0 Å². The maximum Gasteiger partial charge on any atom is 0.0703 e. The number of hydrogen-bond donors (Lipinski definition) is 1. The number of nitrogens with zero attached hydrogens (tertiary/aromatic N) is 1. The Labute approximate surface area is 108 Å². The van der Waals surface area contributed by atoms with Crippen LogP contribution in [0.4, 0.5) is 5.69 Å². The molecule has 1 aromatic heterocycles. The van der Waals surface area contributed by atoms with E-state index in [1.165, 1.54) is 43.2 Å². The molecule has 0 radical (unpaired) electrons. The van der Waals surface area contributed by atoms with Crippen molar-refractivity contribution >= 4 is 16.6 Å². The van der Waals surface area contributed by atoms with Crippen LogP contribution < -0.4 is 5.32 Å². The van der Waals surface area contributed by atoms with E-state index in [4.69, 9.17) is 0 Å². The van der Waals surface area contributed by atoms with Gasteiger partial charge in [0.25, 0.3) is 0 Å². The van der Waals surface area contributed by atoms with E-state index in [9.17, 15) is 0 Å². The highest BCUT2D eigenvalue weighted by atomic mass is 14.9. The van der Waals surface area contributed by atoms with Gasteiger partial charge >= 0.3 is 0 Å². The van der Waals surface area contributed by atoms with Gasteiger partial charge in [-0.15, -0.1) is 0 Å². The molecule has 1 aromatic carbocycles. The van der Waals surface area contributed by atoms with E-state index >= 15 is 0 Å². The highest BCUT2D eigenvalue weighted by molar-refractivity contribution is 5.82. The van der Waals surface area contributed by atoms with Crippen molar-refractivity contribution in [3.63, 3.8) is 0 Å². The molecule has 0 aliphatic heterocycles. The largest absolute Gasteiger partial charge is 0.385 e. The molecule has 2 heteroatoms. The lowest BCUT2D eigenvalue weighted by molar-refractivity contribution is 0.373. The summed E-state index contributed by atoms with van der Waals surface area (Å²) in [7, 11) is 0. The summed E-state index contributed by atoms with van der Waals surface area (Å²) in [5, 5.41) is 4.79. The summed E-state index contributed by atoms with van der Waals surface area (Å²) in [6.07, 6.45) is 8.88. The lowest BCUT2D eigenvalue weighted by Gasteiger charge is -2.22. The molecule has 0 amide bonds. The molecule has 2 nitrogen and oxygen atoms in total. The molecule has 1 aliphatic carbocycles. The summed E-state index contributed by atoms with van der Waals surface area (Å²) in [6.45, 7) is 1.12. The van der Waals surface area contributed by atoms with Gasteiger partial charge in [-0.25, -0.2) is 0 Å². The maximum atomic E-state index is 4.34. The van der Waals surface area contributed by atoms with Gasteiger partial charge < -0.3 is 5.32 Å². The topological polar surface area (TPSA) is 24.9 Å². The average molecular weight is 240 g/mol. The normalized spacial score (nSPS) is 16.9. The summed E-state index contributed by atoms with van der Waals surface area (Å²) < 4.78 is 0. The highest BCUT2D eigenvalue weighted by Crippen LogP contribution is 2.24. The Morgan fingerprint density at radius 1 is 1.11 bits per heavy atom. The molecule has 1 fully saturated rings. The Bertz CT molecular complexity index is 515. The van der Waals surface area contributed by atoms with E-state index in [1.54, 1.807) is 0 Å². The van der Waals surface area contributed by atoms with E-state index < -0.39 is 0 Å². The van der Waals surface area contributed by atoms with Crippen LogP contribution >= 0.6 is 0 Å². The first kappa shape index (κ1) is 11.5. The number of aromatic nitrogens is 1. The van der Waals surface area contributed by atoms with Crippen LogP contribution in [-0.2, 0) is 0 Å². The predicted molar refractivity (Wildman–Crippen MR) is 76.8 cm³/mol. The van der Waals surface area contributed by atoms with Crippen molar-refractivity contribution in [2.45, 2.75) is 32.1 Å². The zero-order valence-electron chi connectivity index (χ0n) is 10.7. The molecule has 0 unspecified atom stereocenters. The fourth-order valence-corrected chi connectivity index (χ4v) is 2.84. The van der Waals surface area contributed by atoms with Crippen LogP contribution in [-0.4, -0.2) is 11.5 Å². The van der Waals surface area contributed by atoms with Gasteiger partial charge in [-0.05, 0) is 43.0 Å². The molecular weight excluding hydrogens is 220 g/mol. The Kier molecular flexibility index (Phi) is 3.44. The van der Waals surface area contributed by atoms with Crippen LogP contribution in [0.5, 0.6) is 0 Å². The molecule has 0 spiro atoms. The standard InChI is InChI=1S/C16H20N2/c1-2-5-13(6-3-1)12-18-15-8-9-16-14(11-15)7-4-10-17-16/h4,7-11,13,18H,1-3,5-6,12H2. The first-order valence-electron chi connectivity index (χ1n) is 7.00. The number of fused-ring (bicyclic) bond motifs is 1. The van der Waals surface area contributed by atoms with Crippen molar-refractivity contribution in [2.75, 3.05) is 11.9 Å². The minimum atomic E-state index is 0.864. The SMILES string of the molecule is c1cnc2ccc(NCC3CCCCC3)cc2c1. The van der Waals surface area contributed by atoms with Crippen molar-refractivity contribution in [3.8, 4) is 0 Å². The Hall–Kier alpha value is -1.57. The summed E-state index contributed by atoms with van der Waals surface area (Å²) in [5.41, 5.74) is 2.29. The van der Waals surface area contributed by atoms with Crippen LogP contribution in [0, 0.1) is 5.92 Å². The van der Waals surface area contributed by atoms with Crippen molar-refractivity contribution < 1.29 is 0 Å². The number of nitrogens with one attached hydrogen (secondary N) is 1. The first-order chi connectivity index (χ1) is 8.92. The van der Waals surface area contributed by atoms with Gasteiger partial charge in [0.2, 0.25) is 0 Å². The minimum Gasteiger partial charge on any atom is -0.385 e. The van der Waals surface area contributed by atoms with Gasteiger partial charge in [0.15, 0.2) is 0 Å². The van der Waals surface area contributed by atoms with E-state index in [1.807, 2.05) is 12.3 Å². The number of hydrogen-bond acceptors (Lipinski definition) is 2. The zero-order chi connectivity index (χ0) is 12.2. The minimum absolute atomic E-state index is 0.864. The predicted octanol–water partition coefficient (Wildman–Crippen LogP) is 4.23. The second-order valence-electron chi connectivity index (χ2n) is 5.30. The number of anilines is 1. The molecule has 2 aromatic rings. The molecule has 94 valence electrons. The first-order valence-corrected chi connectivity index (χ1v) is 7.00. The lowest BCUT2D eigenvalue weighted by atomic mass is 9.89. The number of rotatable bonds is 3. The highest BCUT2D eigenvalue weighted by Gasteiger charge is 2.12. The second kappa shape index (κ2) is 5.38. The zero-order valence-corrected chi connectivity index (χ0v) is 10.7. The number of pyridine rings is 1. The molecule has 0 bridgehead atoms. The van der Waals surface area contributed by atoms with Crippen LogP contribution in [0.25, 0.3) is 10.9 Å². The molecule has 0 saturated heterocycles. The summed E-state index contributed by atoms with van der Waals surface area (Å²) in [4.78, 5) is 4.34. The Morgan fingerprint density at radius 3 is 2.89 bits per heavy atom. The number of benzene rings is 1. The van der Waals surface area contributed by atoms with Gasteiger partial charge in [-0.1, -0.05) is 25.3 Å². The third-order valence-electron chi connectivity index (χ3n) is 3.92. The molecule has 1 aliphatic rings. The maximum absolute atomic E-state index is 4.34. The van der Waals surface area contributed by atoms with Crippen molar-refractivity contribution in [2.24, 2.45) is 5.92 Å². The average Bonchev–Trinajstić information content (AvgIpc) is 2.46. The lowest BCUT2D eigenvalue weighted by Crippen LogP contribution is -2.16. The van der Waals surface area contributed by atoms with Gasteiger partial charge in [0.05, 0.1) is 5.52 Å². The quantitative estimate of drug-likeness (QED) is 0.868. The van der Waals surface area contributed by atoms with Crippen molar-refractivity contribution in [3.05, 3.63) is 36.5 Å². The fraction of sp³-hybridized carbons (Fsp3) is 0.438. The van der Waals surface area contributed by atoms with Crippen molar-refractivity contribution in [1.29, 1.82) is 0 Å². The van der Waals surface area contributed by atoms with Crippen LogP contribution in [0.1, 0.15) is 32.1 Å². The Balaban J connectivity index is 1.66. The summed E-state index contributed by atoms with van der Waals surface area (Å²) >= 11 is 0. The molecule has 18 heavy (non-hydrogen) atoms. The molecular formula is C16H20N2.